The highest BCUT2D eigenvalue weighted by Crippen LogP contribution is 2.43. The van der Waals surface area contributed by atoms with E-state index in [1.807, 2.05) is 11.3 Å². The third kappa shape index (κ3) is 1.78. The number of nitrogens with zero attached hydrogens (tertiary/aromatic N) is 1. The van der Waals surface area contributed by atoms with Crippen LogP contribution in [0.1, 0.15) is 61.9 Å². The first-order valence-electron chi connectivity index (χ1n) is 6.01. The zero-order chi connectivity index (χ0) is 10.4. The Morgan fingerprint density at radius 1 is 1.13 bits per heavy atom. The van der Waals surface area contributed by atoms with Crippen LogP contribution in [0, 0.1) is 0 Å². The molecule has 0 bridgehead atoms. The molecule has 0 amide bonds. The normalized spacial score (nSPS) is 30.0. The minimum Gasteiger partial charge on any atom is -0.359 e. The molecule has 3 rings (SSSR count). The van der Waals surface area contributed by atoms with Crippen molar-refractivity contribution in [2.45, 2.75) is 57.4 Å². The lowest BCUT2D eigenvalue weighted by Gasteiger charge is -2.21. The molecule has 82 valence electrons. The molecule has 2 atom stereocenters. The molecule has 3 heteroatoms. The van der Waals surface area contributed by atoms with E-state index in [2.05, 4.69) is 19.2 Å². The molecule has 2 nitrogen and oxygen atoms in total. The Labute approximate surface area is 95.1 Å². The van der Waals surface area contributed by atoms with Gasteiger partial charge in [0.25, 0.3) is 0 Å². The summed E-state index contributed by atoms with van der Waals surface area (Å²) in [6.45, 7) is 4.65. The summed E-state index contributed by atoms with van der Waals surface area (Å²) >= 11 is 1.89. The van der Waals surface area contributed by atoms with Crippen molar-refractivity contribution in [3.05, 3.63) is 10.6 Å². The Kier molecular flexibility index (Phi) is 2.23. The largest absolute Gasteiger partial charge is 0.359 e. The van der Waals surface area contributed by atoms with Gasteiger partial charge in [-0.1, -0.05) is 13.8 Å². The van der Waals surface area contributed by atoms with Crippen molar-refractivity contribution in [1.82, 2.24) is 4.98 Å². The van der Waals surface area contributed by atoms with Gasteiger partial charge < -0.3 is 5.32 Å². The smallest absolute Gasteiger partial charge is 0.183 e. The Morgan fingerprint density at radius 3 is 2.53 bits per heavy atom. The maximum absolute atomic E-state index is 4.77. The quantitative estimate of drug-likeness (QED) is 0.825. The fourth-order valence-electron chi connectivity index (χ4n) is 2.28. The van der Waals surface area contributed by atoms with Gasteiger partial charge in [-0.2, -0.15) is 0 Å². The highest BCUT2D eigenvalue weighted by Gasteiger charge is 2.28. The van der Waals surface area contributed by atoms with Gasteiger partial charge in [0.1, 0.15) is 0 Å². The first-order chi connectivity index (χ1) is 7.24. The van der Waals surface area contributed by atoms with Crippen LogP contribution in [0.25, 0.3) is 0 Å². The summed E-state index contributed by atoms with van der Waals surface area (Å²) in [6, 6.07) is 0.725. The molecule has 1 N–H and O–H groups in total. The molecule has 2 unspecified atom stereocenters. The van der Waals surface area contributed by atoms with Crippen LogP contribution in [0.5, 0.6) is 0 Å². The number of hydrogen-bond acceptors (Lipinski definition) is 3. The predicted molar refractivity (Wildman–Crippen MR) is 64.8 cm³/mol. The SMILES string of the molecule is CC1CCC(C)c2sc(NC3CC3)nc21. The highest BCUT2D eigenvalue weighted by atomic mass is 32.1. The van der Waals surface area contributed by atoms with Gasteiger partial charge in [0.15, 0.2) is 5.13 Å². The molecular formula is C12H18N2S. The summed E-state index contributed by atoms with van der Waals surface area (Å²) in [5.74, 6) is 1.39. The molecule has 1 heterocycles. The Bertz CT molecular complexity index is 340. The average Bonchev–Trinajstić information content (AvgIpc) is 2.89. The van der Waals surface area contributed by atoms with Crippen LogP contribution in [0.4, 0.5) is 5.13 Å². The molecule has 1 aromatic heterocycles. The van der Waals surface area contributed by atoms with E-state index >= 15 is 0 Å². The molecule has 2 aliphatic rings. The fourth-order valence-corrected chi connectivity index (χ4v) is 3.53. The van der Waals surface area contributed by atoms with Crippen LogP contribution >= 0.6 is 11.3 Å². The second-order valence-electron chi connectivity index (χ2n) is 5.07. The molecule has 0 aromatic carbocycles. The van der Waals surface area contributed by atoms with E-state index in [0.29, 0.717) is 5.92 Å². The van der Waals surface area contributed by atoms with Gasteiger partial charge in [0.05, 0.1) is 5.69 Å². The van der Waals surface area contributed by atoms with Gasteiger partial charge in [-0.3, -0.25) is 0 Å². The average molecular weight is 222 g/mol. The minimum atomic E-state index is 0.669. The molecule has 0 radical (unpaired) electrons. The molecule has 0 saturated heterocycles. The van der Waals surface area contributed by atoms with Gasteiger partial charge in [-0.25, -0.2) is 4.98 Å². The summed E-state index contributed by atoms with van der Waals surface area (Å²) in [5, 5.41) is 4.69. The summed E-state index contributed by atoms with van der Waals surface area (Å²) in [5.41, 5.74) is 1.38. The molecule has 1 saturated carbocycles. The number of nitrogens with one attached hydrogen (secondary N) is 1. The van der Waals surface area contributed by atoms with E-state index < -0.39 is 0 Å². The van der Waals surface area contributed by atoms with Crippen molar-refractivity contribution in [3.8, 4) is 0 Å². The van der Waals surface area contributed by atoms with E-state index in [9.17, 15) is 0 Å². The van der Waals surface area contributed by atoms with Gasteiger partial charge in [-0.05, 0) is 37.5 Å². The summed E-state index contributed by atoms with van der Waals surface area (Å²) < 4.78 is 0. The van der Waals surface area contributed by atoms with Crippen LogP contribution in [-0.4, -0.2) is 11.0 Å². The minimum absolute atomic E-state index is 0.669. The van der Waals surface area contributed by atoms with E-state index in [0.717, 1.165) is 12.0 Å². The van der Waals surface area contributed by atoms with E-state index in [1.165, 1.54) is 41.4 Å². The molecule has 0 spiro atoms. The monoisotopic (exact) mass is 222 g/mol. The van der Waals surface area contributed by atoms with Crippen molar-refractivity contribution >= 4 is 16.5 Å². The molecule has 1 aromatic rings. The summed E-state index contributed by atoms with van der Waals surface area (Å²) in [4.78, 5) is 6.31. The van der Waals surface area contributed by atoms with Crippen LogP contribution in [0.15, 0.2) is 0 Å². The second-order valence-corrected chi connectivity index (χ2v) is 6.10. The van der Waals surface area contributed by atoms with Crippen molar-refractivity contribution in [2.75, 3.05) is 5.32 Å². The highest BCUT2D eigenvalue weighted by molar-refractivity contribution is 7.15. The molecular weight excluding hydrogens is 204 g/mol. The first kappa shape index (κ1) is 9.64. The molecule has 1 fully saturated rings. The Balaban J connectivity index is 1.89. The number of aromatic nitrogens is 1. The van der Waals surface area contributed by atoms with E-state index in [-0.39, 0.29) is 0 Å². The molecule has 15 heavy (non-hydrogen) atoms. The van der Waals surface area contributed by atoms with Crippen LogP contribution < -0.4 is 5.32 Å². The maximum atomic E-state index is 4.77. The number of anilines is 1. The van der Waals surface area contributed by atoms with Crippen molar-refractivity contribution in [1.29, 1.82) is 0 Å². The van der Waals surface area contributed by atoms with Crippen molar-refractivity contribution < 1.29 is 0 Å². The Morgan fingerprint density at radius 2 is 1.87 bits per heavy atom. The number of hydrogen-bond donors (Lipinski definition) is 1. The third-order valence-corrected chi connectivity index (χ3v) is 4.77. The fraction of sp³-hybridized carbons (Fsp3) is 0.750. The first-order valence-corrected chi connectivity index (χ1v) is 6.83. The lowest BCUT2D eigenvalue weighted by molar-refractivity contribution is 0.526. The zero-order valence-electron chi connectivity index (χ0n) is 9.42. The number of rotatable bonds is 2. The molecule has 2 aliphatic carbocycles. The predicted octanol–water partition coefficient (Wildman–Crippen LogP) is 3.72. The second kappa shape index (κ2) is 3.48. The van der Waals surface area contributed by atoms with Crippen LogP contribution in [0.2, 0.25) is 0 Å². The third-order valence-electron chi connectivity index (χ3n) is 3.53. The van der Waals surface area contributed by atoms with E-state index in [1.54, 1.807) is 0 Å². The van der Waals surface area contributed by atoms with Gasteiger partial charge >= 0.3 is 0 Å². The maximum Gasteiger partial charge on any atom is 0.183 e. The Hall–Kier alpha value is -0.570. The summed E-state index contributed by atoms with van der Waals surface area (Å²) in [6.07, 6.45) is 5.30. The topological polar surface area (TPSA) is 24.9 Å². The lowest BCUT2D eigenvalue weighted by atomic mass is 9.86. The van der Waals surface area contributed by atoms with Gasteiger partial charge in [0.2, 0.25) is 0 Å². The van der Waals surface area contributed by atoms with Crippen molar-refractivity contribution in [3.63, 3.8) is 0 Å². The standard InChI is InChI=1S/C12H18N2S/c1-7-3-4-8(2)11-10(7)14-12(15-11)13-9-5-6-9/h7-9H,3-6H2,1-2H3,(H,13,14). The van der Waals surface area contributed by atoms with Crippen LogP contribution in [-0.2, 0) is 0 Å². The van der Waals surface area contributed by atoms with Crippen molar-refractivity contribution in [2.24, 2.45) is 0 Å². The van der Waals surface area contributed by atoms with E-state index in [4.69, 9.17) is 4.98 Å². The van der Waals surface area contributed by atoms with Gasteiger partial charge in [-0.15, -0.1) is 11.3 Å². The lowest BCUT2D eigenvalue weighted by Crippen LogP contribution is -2.08. The summed E-state index contributed by atoms with van der Waals surface area (Å²) in [7, 11) is 0. The van der Waals surface area contributed by atoms with Crippen LogP contribution in [0.3, 0.4) is 0 Å². The molecule has 0 aliphatic heterocycles. The number of fused-ring (bicyclic) bond motifs is 1. The van der Waals surface area contributed by atoms with Gasteiger partial charge in [0, 0.05) is 10.9 Å². The number of thiazole rings is 1. The zero-order valence-corrected chi connectivity index (χ0v) is 10.2.